The van der Waals surface area contributed by atoms with Crippen LogP contribution < -0.4 is 0 Å². The summed E-state index contributed by atoms with van der Waals surface area (Å²) in [5.74, 6) is 0.0839. The molecule has 2 atom stereocenters. The summed E-state index contributed by atoms with van der Waals surface area (Å²) in [5, 5.41) is 8.46. The normalized spacial score (nSPS) is 42.2. The van der Waals surface area contributed by atoms with Gasteiger partial charge in [0.2, 0.25) is 0 Å². The standard InChI is InChI=1S/C7H10O4S/c8-7(9)1-4-5-2-12(10,11)3-6(4)5/h4-6H,1-3H2,(H,8,9). The average molecular weight is 190 g/mol. The van der Waals surface area contributed by atoms with Crippen LogP contribution in [0, 0.1) is 17.8 Å². The number of sulfone groups is 1. The first-order valence-corrected chi connectivity index (χ1v) is 5.74. The first-order valence-electron chi connectivity index (χ1n) is 3.92. The minimum atomic E-state index is -2.81. The van der Waals surface area contributed by atoms with Crippen molar-refractivity contribution >= 4 is 15.8 Å². The van der Waals surface area contributed by atoms with Crippen LogP contribution in [0.3, 0.4) is 0 Å². The summed E-state index contributed by atoms with van der Waals surface area (Å²) in [7, 11) is -2.81. The summed E-state index contributed by atoms with van der Waals surface area (Å²) in [6.45, 7) is 0. The second-order valence-corrected chi connectivity index (χ2v) is 5.82. The van der Waals surface area contributed by atoms with Gasteiger partial charge in [-0.15, -0.1) is 0 Å². The van der Waals surface area contributed by atoms with E-state index in [2.05, 4.69) is 0 Å². The van der Waals surface area contributed by atoms with Gasteiger partial charge in [0, 0.05) is 6.42 Å². The van der Waals surface area contributed by atoms with Crippen LogP contribution in [0.2, 0.25) is 0 Å². The topological polar surface area (TPSA) is 71.4 Å². The van der Waals surface area contributed by atoms with E-state index in [9.17, 15) is 13.2 Å². The van der Waals surface area contributed by atoms with Gasteiger partial charge in [0.05, 0.1) is 11.5 Å². The van der Waals surface area contributed by atoms with Crippen LogP contribution in [0.5, 0.6) is 0 Å². The van der Waals surface area contributed by atoms with Crippen LogP contribution in [-0.2, 0) is 14.6 Å². The van der Waals surface area contributed by atoms with Crippen molar-refractivity contribution in [3.63, 3.8) is 0 Å². The Bertz CT molecular complexity index is 300. The monoisotopic (exact) mass is 190 g/mol. The fourth-order valence-corrected chi connectivity index (χ4v) is 4.48. The first kappa shape index (κ1) is 8.04. The molecule has 0 radical (unpaired) electrons. The van der Waals surface area contributed by atoms with E-state index in [0.717, 1.165) is 0 Å². The van der Waals surface area contributed by atoms with Crippen molar-refractivity contribution in [1.29, 1.82) is 0 Å². The van der Waals surface area contributed by atoms with Gasteiger partial charge in [0.25, 0.3) is 0 Å². The molecule has 1 aliphatic heterocycles. The molecule has 0 bridgehead atoms. The third-order valence-electron chi connectivity index (χ3n) is 2.81. The second-order valence-electron chi connectivity index (χ2n) is 3.67. The number of aliphatic carboxylic acids is 1. The Hall–Kier alpha value is -0.580. The molecule has 1 saturated carbocycles. The fraction of sp³-hybridized carbons (Fsp3) is 0.857. The molecule has 5 heteroatoms. The molecule has 0 aromatic carbocycles. The molecule has 0 aromatic rings. The quantitative estimate of drug-likeness (QED) is 0.652. The molecule has 1 N–H and O–H groups in total. The third-order valence-corrected chi connectivity index (χ3v) is 4.60. The number of hydrogen-bond donors (Lipinski definition) is 1. The molecule has 0 aromatic heterocycles. The fourth-order valence-electron chi connectivity index (χ4n) is 2.18. The van der Waals surface area contributed by atoms with E-state index in [4.69, 9.17) is 5.11 Å². The lowest BCUT2D eigenvalue weighted by Crippen LogP contribution is -2.11. The van der Waals surface area contributed by atoms with E-state index in [1.165, 1.54) is 0 Å². The number of fused-ring (bicyclic) bond motifs is 1. The molecule has 4 nitrogen and oxygen atoms in total. The molecule has 2 unspecified atom stereocenters. The third kappa shape index (κ3) is 1.22. The molecule has 0 amide bonds. The lowest BCUT2D eigenvalue weighted by Gasteiger charge is -1.99. The Morgan fingerprint density at radius 3 is 2.25 bits per heavy atom. The zero-order valence-corrected chi connectivity index (χ0v) is 7.25. The van der Waals surface area contributed by atoms with Crippen LogP contribution in [0.25, 0.3) is 0 Å². The second kappa shape index (κ2) is 2.22. The smallest absolute Gasteiger partial charge is 0.303 e. The van der Waals surface area contributed by atoms with Crippen LogP contribution in [-0.4, -0.2) is 31.0 Å². The van der Waals surface area contributed by atoms with E-state index in [-0.39, 0.29) is 35.7 Å². The highest BCUT2D eigenvalue weighted by Gasteiger charge is 2.58. The zero-order chi connectivity index (χ0) is 8.93. The number of carboxylic acid groups (broad SMARTS) is 1. The van der Waals surface area contributed by atoms with Gasteiger partial charge in [0.15, 0.2) is 9.84 Å². The van der Waals surface area contributed by atoms with E-state index in [1.54, 1.807) is 0 Å². The summed E-state index contributed by atoms with van der Waals surface area (Å²) < 4.78 is 21.9. The first-order chi connectivity index (χ1) is 5.49. The van der Waals surface area contributed by atoms with Gasteiger partial charge in [-0.05, 0) is 17.8 Å². The maximum Gasteiger partial charge on any atom is 0.303 e. The molecule has 2 aliphatic rings. The minimum absolute atomic E-state index is 0.144. The molecule has 1 aliphatic carbocycles. The van der Waals surface area contributed by atoms with E-state index in [0.29, 0.717) is 0 Å². The molecule has 2 rings (SSSR count). The summed E-state index contributed by atoms with van der Waals surface area (Å²) in [6.07, 6.45) is 0.144. The van der Waals surface area contributed by atoms with Gasteiger partial charge in [-0.1, -0.05) is 0 Å². The summed E-state index contributed by atoms with van der Waals surface area (Å²) >= 11 is 0. The SMILES string of the molecule is O=C(O)CC1C2CS(=O)(=O)CC12. The van der Waals surface area contributed by atoms with Crippen molar-refractivity contribution < 1.29 is 18.3 Å². The van der Waals surface area contributed by atoms with E-state index < -0.39 is 15.8 Å². The largest absolute Gasteiger partial charge is 0.481 e. The Kier molecular flexibility index (Phi) is 1.49. The van der Waals surface area contributed by atoms with E-state index >= 15 is 0 Å². The minimum Gasteiger partial charge on any atom is -0.481 e. The van der Waals surface area contributed by atoms with Crippen molar-refractivity contribution in [1.82, 2.24) is 0 Å². The molecule has 1 heterocycles. The zero-order valence-electron chi connectivity index (χ0n) is 6.43. The van der Waals surface area contributed by atoms with Crippen molar-refractivity contribution in [3.05, 3.63) is 0 Å². The summed E-state index contributed by atoms with van der Waals surface area (Å²) in [5.41, 5.74) is 0. The Balaban J connectivity index is 1.96. The maximum absolute atomic E-state index is 11.0. The van der Waals surface area contributed by atoms with Crippen molar-refractivity contribution in [2.24, 2.45) is 17.8 Å². The van der Waals surface area contributed by atoms with Gasteiger partial charge in [-0.2, -0.15) is 0 Å². The molecule has 2 fully saturated rings. The van der Waals surface area contributed by atoms with Crippen LogP contribution in [0.15, 0.2) is 0 Å². The summed E-state index contributed by atoms with van der Waals surface area (Å²) in [6, 6.07) is 0. The van der Waals surface area contributed by atoms with Gasteiger partial charge in [-0.3, -0.25) is 4.79 Å². The average Bonchev–Trinajstić information content (AvgIpc) is 2.42. The molecular formula is C7H10O4S. The molecule has 68 valence electrons. The van der Waals surface area contributed by atoms with Crippen LogP contribution in [0.1, 0.15) is 6.42 Å². The Morgan fingerprint density at radius 2 is 1.83 bits per heavy atom. The summed E-state index contributed by atoms with van der Waals surface area (Å²) in [4.78, 5) is 10.3. The van der Waals surface area contributed by atoms with Crippen LogP contribution in [0.4, 0.5) is 0 Å². The van der Waals surface area contributed by atoms with Crippen molar-refractivity contribution in [3.8, 4) is 0 Å². The van der Waals surface area contributed by atoms with Gasteiger partial charge in [-0.25, -0.2) is 8.42 Å². The Morgan fingerprint density at radius 1 is 1.33 bits per heavy atom. The maximum atomic E-state index is 11.0. The number of hydrogen-bond acceptors (Lipinski definition) is 3. The predicted molar refractivity (Wildman–Crippen MR) is 41.4 cm³/mol. The van der Waals surface area contributed by atoms with Gasteiger partial charge >= 0.3 is 5.97 Å². The van der Waals surface area contributed by atoms with Crippen molar-refractivity contribution in [2.75, 3.05) is 11.5 Å². The van der Waals surface area contributed by atoms with Crippen LogP contribution >= 0.6 is 0 Å². The highest BCUT2D eigenvalue weighted by Crippen LogP contribution is 2.54. The van der Waals surface area contributed by atoms with Gasteiger partial charge < -0.3 is 5.11 Å². The molecule has 0 spiro atoms. The molecular weight excluding hydrogens is 180 g/mol. The highest BCUT2D eigenvalue weighted by atomic mass is 32.2. The molecule has 12 heavy (non-hydrogen) atoms. The van der Waals surface area contributed by atoms with E-state index in [1.807, 2.05) is 0 Å². The number of rotatable bonds is 2. The highest BCUT2D eigenvalue weighted by molar-refractivity contribution is 7.91. The lowest BCUT2D eigenvalue weighted by atomic mass is 10.2. The molecule has 1 saturated heterocycles. The van der Waals surface area contributed by atoms with Crippen molar-refractivity contribution in [2.45, 2.75) is 6.42 Å². The lowest BCUT2D eigenvalue weighted by molar-refractivity contribution is -0.137. The Labute approximate surface area is 70.5 Å². The number of carbonyl (C=O) groups is 1. The number of carboxylic acids is 1. The van der Waals surface area contributed by atoms with Gasteiger partial charge in [0.1, 0.15) is 0 Å². The predicted octanol–water partition coefficient (Wildman–Crippen LogP) is -0.248.